The largest absolute Gasteiger partial charge is 0.321 e. The van der Waals surface area contributed by atoms with E-state index in [0.29, 0.717) is 5.92 Å². The summed E-state index contributed by atoms with van der Waals surface area (Å²) >= 11 is 0. The monoisotopic (exact) mass is 231 g/mol. The van der Waals surface area contributed by atoms with Gasteiger partial charge in [0.25, 0.3) is 0 Å². The van der Waals surface area contributed by atoms with E-state index in [1.54, 1.807) is 0 Å². The molecule has 0 N–H and O–H groups in total. The van der Waals surface area contributed by atoms with E-state index in [2.05, 4.69) is 55.2 Å². The van der Waals surface area contributed by atoms with E-state index in [4.69, 9.17) is 0 Å². The lowest BCUT2D eigenvalue weighted by Gasteiger charge is -2.23. The fourth-order valence-electron chi connectivity index (χ4n) is 2.25. The Morgan fingerprint density at radius 2 is 1.88 bits per heavy atom. The van der Waals surface area contributed by atoms with Gasteiger partial charge in [0.2, 0.25) is 0 Å². The van der Waals surface area contributed by atoms with E-state index >= 15 is 0 Å². The molecule has 0 aliphatic rings. The Hall–Kier alpha value is -1.38. The van der Waals surface area contributed by atoms with Crippen LogP contribution in [0.3, 0.4) is 0 Å². The first kappa shape index (κ1) is 12.1. The molecule has 2 aromatic heterocycles. The summed E-state index contributed by atoms with van der Waals surface area (Å²) in [7, 11) is 0. The number of rotatable bonds is 1. The van der Waals surface area contributed by atoms with Crippen molar-refractivity contribution in [3.63, 3.8) is 0 Å². The van der Waals surface area contributed by atoms with Crippen molar-refractivity contribution in [2.75, 3.05) is 0 Å². The maximum absolute atomic E-state index is 4.53. The quantitative estimate of drug-likeness (QED) is 0.750. The van der Waals surface area contributed by atoms with E-state index < -0.39 is 0 Å². The van der Waals surface area contributed by atoms with E-state index in [1.165, 1.54) is 5.56 Å². The first-order chi connectivity index (χ1) is 7.80. The molecule has 0 saturated carbocycles. The number of aromatic nitrogens is 3. The fourth-order valence-corrected chi connectivity index (χ4v) is 2.25. The molecule has 0 amide bonds. The molecule has 0 fully saturated rings. The molecule has 0 aliphatic carbocycles. The highest BCUT2D eigenvalue weighted by Gasteiger charge is 2.20. The van der Waals surface area contributed by atoms with Crippen molar-refractivity contribution in [2.24, 2.45) is 0 Å². The van der Waals surface area contributed by atoms with Gasteiger partial charge in [0.1, 0.15) is 5.82 Å². The van der Waals surface area contributed by atoms with Gasteiger partial charge in [0.05, 0.1) is 5.52 Å². The van der Waals surface area contributed by atoms with Crippen LogP contribution in [0.15, 0.2) is 12.3 Å². The average molecular weight is 231 g/mol. The maximum Gasteiger partial charge on any atom is 0.177 e. The van der Waals surface area contributed by atoms with Crippen LogP contribution in [0, 0.1) is 6.92 Å². The summed E-state index contributed by atoms with van der Waals surface area (Å²) < 4.78 is 2.27. The first-order valence-electron chi connectivity index (χ1n) is 6.16. The van der Waals surface area contributed by atoms with E-state index in [1.807, 2.05) is 13.1 Å². The summed E-state index contributed by atoms with van der Waals surface area (Å²) in [5, 5.41) is 0. The molecule has 0 atom stereocenters. The predicted molar refractivity (Wildman–Crippen MR) is 71.4 cm³/mol. The van der Waals surface area contributed by atoms with Gasteiger partial charge in [0.15, 0.2) is 5.65 Å². The van der Waals surface area contributed by atoms with Crippen molar-refractivity contribution in [2.45, 2.75) is 53.0 Å². The molecule has 0 aliphatic heterocycles. The molecule has 0 saturated heterocycles. The lowest BCUT2D eigenvalue weighted by molar-refractivity contribution is 0.399. The molecular formula is C14H21N3. The van der Waals surface area contributed by atoms with E-state index in [9.17, 15) is 0 Å². The van der Waals surface area contributed by atoms with Gasteiger partial charge in [-0.2, -0.15) is 0 Å². The summed E-state index contributed by atoms with van der Waals surface area (Å²) in [5.41, 5.74) is 3.29. The van der Waals surface area contributed by atoms with Gasteiger partial charge in [-0.1, -0.05) is 13.8 Å². The highest BCUT2D eigenvalue weighted by atomic mass is 15.1. The number of hydrogen-bond donors (Lipinski definition) is 0. The first-order valence-corrected chi connectivity index (χ1v) is 6.16. The van der Waals surface area contributed by atoms with Crippen LogP contribution in [-0.4, -0.2) is 14.5 Å². The summed E-state index contributed by atoms with van der Waals surface area (Å²) in [6.07, 6.45) is 1.94. The summed E-state index contributed by atoms with van der Waals surface area (Å²) in [5.74, 6) is 1.52. The zero-order valence-electron chi connectivity index (χ0n) is 11.6. The molecule has 2 heterocycles. The van der Waals surface area contributed by atoms with Crippen LogP contribution in [0.25, 0.3) is 11.2 Å². The number of aryl methyl sites for hydroxylation is 1. The van der Waals surface area contributed by atoms with Crippen molar-refractivity contribution in [1.29, 1.82) is 0 Å². The van der Waals surface area contributed by atoms with Gasteiger partial charge in [0, 0.05) is 11.7 Å². The molecule has 92 valence electrons. The maximum atomic E-state index is 4.53. The summed E-state index contributed by atoms with van der Waals surface area (Å²) in [6, 6.07) is 2.22. The second-order valence-corrected chi connectivity index (χ2v) is 5.93. The topological polar surface area (TPSA) is 30.7 Å². The smallest absolute Gasteiger partial charge is 0.177 e. The van der Waals surface area contributed by atoms with Crippen molar-refractivity contribution in [3.05, 3.63) is 23.7 Å². The Labute approximate surface area is 103 Å². The standard InChI is InChI=1S/C14H21N3/c1-9(2)11-7-12-13(15-8-11)16-10(3)17(12)14(4,5)6/h7-9H,1-6H3. The number of hydrogen-bond acceptors (Lipinski definition) is 2. The molecule has 3 nitrogen and oxygen atoms in total. The molecule has 3 heteroatoms. The average Bonchev–Trinajstić information content (AvgIpc) is 2.51. The van der Waals surface area contributed by atoms with E-state index in [-0.39, 0.29) is 5.54 Å². The zero-order valence-corrected chi connectivity index (χ0v) is 11.6. The Morgan fingerprint density at radius 3 is 2.41 bits per heavy atom. The molecule has 2 rings (SSSR count). The SMILES string of the molecule is Cc1nc2ncc(C(C)C)cc2n1C(C)(C)C. The van der Waals surface area contributed by atoms with Crippen molar-refractivity contribution >= 4 is 11.2 Å². The van der Waals surface area contributed by atoms with Crippen LogP contribution in [0.4, 0.5) is 0 Å². The van der Waals surface area contributed by atoms with Crippen LogP contribution in [-0.2, 0) is 5.54 Å². The molecule has 17 heavy (non-hydrogen) atoms. The number of imidazole rings is 1. The van der Waals surface area contributed by atoms with E-state index in [0.717, 1.165) is 17.0 Å². The van der Waals surface area contributed by atoms with Crippen molar-refractivity contribution in [3.8, 4) is 0 Å². The van der Waals surface area contributed by atoms with Crippen molar-refractivity contribution in [1.82, 2.24) is 14.5 Å². The second-order valence-electron chi connectivity index (χ2n) is 5.93. The fraction of sp³-hybridized carbons (Fsp3) is 0.571. The predicted octanol–water partition coefficient (Wildman–Crippen LogP) is 3.62. The molecule has 0 aromatic carbocycles. The minimum absolute atomic E-state index is 0.0378. The zero-order chi connectivity index (χ0) is 12.8. The molecule has 0 spiro atoms. The molecule has 0 bridgehead atoms. The van der Waals surface area contributed by atoms with Gasteiger partial charge in [-0.05, 0) is 45.2 Å². The van der Waals surface area contributed by atoms with Gasteiger partial charge < -0.3 is 4.57 Å². The minimum Gasteiger partial charge on any atom is -0.321 e. The summed E-state index contributed by atoms with van der Waals surface area (Å²) in [4.78, 5) is 9.00. The Bertz CT molecular complexity index is 544. The molecular weight excluding hydrogens is 210 g/mol. The molecule has 0 unspecified atom stereocenters. The number of nitrogens with zero attached hydrogens (tertiary/aromatic N) is 3. The van der Waals surface area contributed by atoms with Gasteiger partial charge >= 0.3 is 0 Å². The van der Waals surface area contributed by atoms with Crippen molar-refractivity contribution < 1.29 is 0 Å². The van der Waals surface area contributed by atoms with Crippen LogP contribution in [0.1, 0.15) is 51.9 Å². The normalized spacial score (nSPS) is 12.6. The van der Waals surface area contributed by atoms with Gasteiger partial charge in [-0.15, -0.1) is 0 Å². The minimum atomic E-state index is 0.0378. The van der Waals surface area contributed by atoms with Gasteiger partial charge in [-0.3, -0.25) is 0 Å². The Kier molecular flexibility index (Phi) is 2.72. The van der Waals surface area contributed by atoms with Crippen LogP contribution >= 0.6 is 0 Å². The summed E-state index contributed by atoms with van der Waals surface area (Å²) in [6.45, 7) is 13.0. The molecule has 0 radical (unpaired) electrons. The molecule has 2 aromatic rings. The third-order valence-electron chi connectivity index (χ3n) is 3.04. The highest BCUT2D eigenvalue weighted by molar-refractivity contribution is 5.72. The van der Waals surface area contributed by atoms with Crippen LogP contribution in [0.5, 0.6) is 0 Å². The Balaban J connectivity index is 2.74. The third-order valence-corrected chi connectivity index (χ3v) is 3.04. The Morgan fingerprint density at radius 1 is 1.24 bits per heavy atom. The number of pyridine rings is 1. The number of fused-ring (bicyclic) bond motifs is 1. The van der Waals surface area contributed by atoms with Crippen LogP contribution < -0.4 is 0 Å². The van der Waals surface area contributed by atoms with Crippen LogP contribution in [0.2, 0.25) is 0 Å². The second kappa shape index (κ2) is 3.83. The third kappa shape index (κ3) is 2.06. The van der Waals surface area contributed by atoms with Gasteiger partial charge in [-0.25, -0.2) is 9.97 Å². The lowest BCUT2D eigenvalue weighted by Crippen LogP contribution is -2.22. The lowest BCUT2D eigenvalue weighted by atomic mass is 10.0. The highest BCUT2D eigenvalue weighted by Crippen LogP contribution is 2.26.